The Morgan fingerprint density at radius 3 is 2.59 bits per heavy atom. The molecule has 0 radical (unpaired) electrons. The minimum Gasteiger partial charge on any atom is -0.484 e. The molecule has 1 aromatic heterocycles. The van der Waals surface area contributed by atoms with Crippen LogP contribution < -0.4 is 10.2 Å². The second-order valence-corrected chi connectivity index (χ2v) is 7.82. The highest BCUT2D eigenvalue weighted by molar-refractivity contribution is 7.99. The fourth-order valence-electron chi connectivity index (χ4n) is 2.84. The van der Waals surface area contributed by atoms with Crippen molar-refractivity contribution in [1.29, 1.82) is 0 Å². The molecule has 4 rings (SSSR count). The topological polar surface area (TPSA) is 135 Å². The molecule has 0 saturated heterocycles. The first-order chi connectivity index (χ1) is 16.6. The lowest BCUT2D eigenvalue weighted by atomic mass is 10.2. The number of H-pyrrole nitrogens is 1. The van der Waals surface area contributed by atoms with Gasteiger partial charge in [0.2, 0.25) is 5.16 Å². The monoisotopic (exact) mass is 474 g/mol. The summed E-state index contributed by atoms with van der Waals surface area (Å²) in [6.07, 6.45) is 1.32. The first-order valence-corrected chi connectivity index (χ1v) is 10.8. The van der Waals surface area contributed by atoms with E-state index in [0.29, 0.717) is 27.2 Å². The fraction of sp³-hybridized carbons (Fsp3) is 0.0435. The highest BCUT2D eigenvalue weighted by atomic mass is 32.2. The van der Waals surface area contributed by atoms with Gasteiger partial charge < -0.3 is 4.74 Å². The van der Waals surface area contributed by atoms with Crippen molar-refractivity contribution >= 4 is 29.6 Å². The number of carbonyl (C=O) groups excluding carboxylic acids is 1. The van der Waals surface area contributed by atoms with E-state index in [0.717, 1.165) is 17.3 Å². The molecule has 1 heterocycles. The van der Waals surface area contributed by atoms with Crippen molar-refractivity contribution in [2.75, 3.05) is 6.61 Å². The smallest absolute Gasteiger partial charge is 0.283 e. The molecule has 0 bridgehead atoms. The molecule has 0 fully saturated rings. The van der Waals surface area contributed by atoms with Crippen LogP contribution in [-0.4, -0.2) is 38.8 Å². The molecule has 0 spiro atoms. The molecule has 0 aliphatic rings. The van der Waals surface area contributed by atoms with Gasteiger partial charge in [-0.05, 0) is 30.0 Å². The van der Waals surface area contributed by atoms with Crippen LogP contribution in [0.25, 0.3) is 11.4 Å². The summed E-state index contributed by atoms with van der Waals surface area (Å²) >= 11 is 1.07. The van der Waals surface area contributed by atoms with Crippen LogP contribution in [0.5, 0.6) is 5.75 Å². The molecule has 1 amide bonds. The zero-order valence-electron chi connectivity index (χ0n) is 17.6. The first-order valence-electron chi connectivity index (χ1n) is 10.0. The molecular formula is C23H18N6O4S. The number of nitrogens with one attached hydrogen (secondary N) is 2. The van der Waals surface area contributed by atoms with Gasteiger partial charge in [0.05, 0.1) is 16.0 Å². The average molecular weight is 475 g/mol. The number of aromatic nitrogens is 3. The van der Waals surface area contributed by atoms with Crippen LogP contribution in [0.2, 0.25) is 0 Å². The van der Waals surface area contributed by atoms with Gasteiger partial charge in [-0.15, -0.1) is 5.10 Å². The average Bonchev–Trinajstić information content (AvgIpc) is 3.33. The summed E-state index contributed by atoms with van der Waals surface area (Å²) in [6, 6.07) is 22.9. The van der Waals surface area contributed by atoms with E-state index >= 15 is 0 Å². The summed E-state index contributed by atoms with van der Waals surface area (Å²) < 4.78 is 5.33. The highest BCUT2D eigenvalue weighted by Crippen LogP contribution is 2.34. The van der Waals surface area contributed by atoms with Gasteiger partial charge in [0.1, 0.15) is 5.75 Å². The molecule has 4 aromatic rings. The van der Waals surface area contributed by atoms with Gasteiger partial charge in [0, 0.05) is 17.2 Å². The van der Waals surface area contributed by atoms with Crippen LogP contribution >= 0.6 is 11.8 Å². The number of hydrogen-bond donors (Lipinski definition) is 2. The molecule has 0 saturated carbocycles. The maximum atomic E-state index is 11.9. The number of para-hydroxylation sites is 1. The van der Waals surface area contributed by atoms with E-state index in [9.17, 15) is 14.9 Å². The predicted octanol–water partition coefficient (Wildman–Crippen LogP) is 4.06. The number of nitrogens with zero attached hydrogens (tertiary/aromatic N) is 4. The van der Waals surface area contributed by atoms with Gasteiger partial charge in [0.15, 0.2) is 12.4 Å². The number of aromatic amines is 1. The number of rotatable bonds is 9. The Morgan fingerprint density at radius 2 is 1.85 bits per heavy atom. The van der Waals surface area contributed by atoms with Gasteiger partial charge in [-0.25, -0.2) is 10.4 Å². The second kappa shape index (κ2) is 10.9. The van der Waals surface area contributed by atoms with Gasteiger partial charge in [0.25, 0.3) is 11.6 Å². The third-order valence-corrected chi connectivity index (χ3v) is 5.34. The molecule has 2 N–H and O–H groups in total. The Hall–Kier alpha value is -4.51. The molecule has 3 aromatic carbocycles. The van der Waals surface area contributed by atoms with E-state index in [1.165, 1.54) is 12.3 Å². The molecule has 0 atom stereocenters. The fourth-order valence-corrected chi connectivity index (χ4v) is 3.63. The number of nitro benzene ring substituents is 1. The Kier molecular flexibility index (Phi) is 7.25. The van der Waals surface area contributed by atoms with Crippen molar-refractivity contribution in [3.63, 3.8) is 0 Å². The second-order valence-electron chi connectivity index (χ2n) is 6.81. The van der Waals surface area contributed by atoms with Crippen LogP contribution in [0.3, 0.4) is 0 Å². The number of nitro groups is 1. The summed E-state index contributed by atoms with van der Waals surface area (Å²) in [5.41, 5.74) is 3.51. The van der Waals surface area contributed by atoms with Gasteiger partial charge >= 0.3 is 0 Å². The maximum Gasteiger partial charge on any atom is 0.283 e. The summed E-state index contributed by atoms with van der Waals surface area (Å²) in [4.78, 5) is 27.8. The molecule has 34 heavy (non-hydrogen) atoms. The summed E-state index contributed by atoms with van der Waals surface area (Å²) in [5.74, 6) is 0.676. The number of carbonyl (C=O) groups is 1. The van der Waals surface area contributed by atoms with Gasteiger partial charge in [-0.3, -0.25) is 20.0 Å². The van der Waals surface area contributed by atoms with E-state index in [1.54, 1.807) is 36.4 Å². The molecule has 170 valence electrons. The van der Waals surface area contributed by atoms with E-state index in [4.69, 9.17) is 4.74 Å². The number of hydrogen-bond acceptors (Lipinski definition) is 8. The predicted molar refractivity (Wildman–Crippen MR) is 127 cm³/mol. The maximum absolute atomic E-state index is 11.9. The quantitative estimate of drug-likeness (QED) is 0.212. The van der Waals surface area contributed by atoms with Crippen molar-refractivity contribution in [3.05, 3.63) is 94.5 Å². The lowest BCUT2D eigenvalue weighted by Crippen LogP contribution is -2.24. The number of benzene rings is 3. The van der Waals surface area contributed by atoms with Crippen molar-refractivity contribution in [2.45, 2.75) is 10.1 Å². The minimum absolute atomic E-state index is 0.126. The van der Waals surface area contributed by atoms with Crippen molar-refractivity contribution in [2.24, 2.45) is 5.10 Å². The van der Waals surface area contributed by atoms with Gasteiger partial charge in [-0.2, -0.15) is 5.10 Å². The first kappa shape index (κ1) is 22.7. The van der Waals surface area contributed by atoms with E-state index in [1.807, 2.05) is 36.4 Å². The molecule has 0 unspecified atom stereocenters. The standard InChI is InChI=1S/C23H18N6O4S/c30-21(15-33-18-9-5-2-6-10-18)26-24-14-16-11-12-20(19(13-16)29(31)32)34-23-25-22(27-28-23)17-7-3-1-4-8-17/h1-14H,15H2,(H,26,30)(H,25,27,28)/b24-14-. The molecule has 10 nitrogen and oxygen atoms in total. The number of ether oxygens (including phenoxy) is 1. The van der Waals surface area contributed by atoms with Crippen LogP contribution in [0.15, 0.2) is 94.0 Å². The third-order valence-electron chi connectivity index (χ3n) is 4.41. The van der Waals surface area contributed by atoms with E-state index < -0.39 is 10.8 Å². The summed E-state index contributed by atoms with van der Waals surface area (Å²) in [7, 11) is 0. The van der Waals surface area contributed by atoms with Crippen LogP contribution in [0.4, 0.5) is 5.69 Å². The Balaban J connectivity index is 1.39. The van der Waals surface area contributed by atoms with Crippen molar-refractivity contribution in [3.8, 4) is 17.1 Å². The van der Waals surface area contributed by atoms with Crippen LogP contribution in [0, 0.1) is 10.1 Å². The lowest BCUT2D eigenvalue weighted by molar-refractivity contribution is -0.387. The summed E-state index contributed by atoms with van der Waals surface area (Å²) in [5, 5.41) is 22.8. The number of hydrazone groups is 1. The highest BCUT2D eigenvalue weighted by Gasteiger charge is 2.18. The van der Waals surface area contributed by atoms with Crippen LogP contribution in [0.1, 0.15) is 5.56 Å². The Bertz CT molecular complexity index is 1310. The molecule has 0 aliphatic carbocycles. The largest absolute Gasteiger partial charge is 0.484 e. The van der Waals surface area contributed by atoms with E-state index in [-0.39, 0.29) is 12.3 Å². The van der Waals surface area contributed by atoms with E-state index in [2.05, 4.69) is 25.7 Å². The number of amides is 1. The molecular weight excluding hydrogens is 456 g/mol. The normalized spacial score (nSPS) is 10.8. The molecule has 11 heteroatoms. The SMILES string of the molecule is O=C(COc1ccccc1)N/N=C\c1ccc(Sc2n[nH]c(-c3ccccc3)n2)c([N+](=O)[O-])c1. The minimum atomic E-state index is -0.489. The molecule has 0 aliphatic heterocycles. The Morgan fingerprint density at radius 1 is 1.12 bits per heavy atom. The Labute approximate surface area is 198 Å². The zero-order chi connectivity index (χ0) is 23.8. The lowest BCUT2D eigenvalue weighted by Gasteiger charge is -2.04. The summed E-state index contributed by atoms with van der Waals surface area (Å²) in [6.45, 7) is -0.210. The van der Waals surface area contributed by atoms with Crippen LogP contribution in [-0.2, 0) is 4.79 Å². The zero-order valence-corrected chi connectivity index (χ0v) is 18.4. The van der Waals surface area contributed by atoms with Crippen molar-refractivity contribution < 1.29 is 14.5 Å². The van der Waals surface area contributed by atoms with Crippen molar-refractivity contribution in [1.82, 2.24) is 20.6 Å². The third kappa shape index (κ3) is 6.04. The van der Waals surface area contributed by atoms with Gasteiger partial charge in [-0.1, -0.05) is 54.6 Å².